The van der Waals surface area contributed by atoms with Gasteiger partial charge in [-0.3, -0.25) is 4.79 Å². The lowest BCUT2D eigenvalue weighted by Crippen LogP contribution is -2.31. The van der Waals surface area contributed by atoms with Crippen LogP contribution in [0.4, 0.5) is 5.82 Å². The number of rotatable bonds is 14. The van der Waals surface area contributed by atoms with E-state index in [1.165, 1.54) is 74.0 Å². The van der Waals surface area contributed by atoms with E-state index in [2.05, 4.69) is 40.6 Å². The lowest BCUT2D eigenvalue weighted by molar-refractivity contribution is 0.0981. The smallest absolute Gasteiger partial charge is 0.268 e. The Kier molecular flexibility index (Phi) is 9.55. The molecular formula is C32H43ClN6O4S. The third-order valence-electron chi connectivity index (χ3n) is 9.01. The number of aromatic nitrogens is 4. The van der Waals surface area contributed by atoms with Gasteiger partial charge in [-0.05, 0) is 86.0 Å². The Hall–Kier alpha value is -3.18. The number of hydrogen-bond donors (Lipinski definition) is 1. The van der Waals surface area contributed by atoms with Gasteiger partial charge in [-0.2, -0.15) is 0 Å². The van der Waals surface area contributed by atoms with Crippen LogP contribution in [0.5, 0.6) is 5.88 Å². The molecule has 44 heavy (non-hydrogen) atoms. The predicted octanol–water partition coefficient (Wildman–Crippen LogP) is 6.44. The van der Waals surface area contributed by atoms with Gasteiger partial charge in [-0.1, -0.05) is 45.2 Å². The first kappa shape index (κ1) is 32.2. The number of carbonyl (C=O) groups excluding carboxylic acids is 1. The number of unbranched alkanes of at least 4 members (excludes halogenated alkanes) is 1. The molecule has 0 saturated heterocycles. The van der Waals surface area contributed by atoms with Gasteiger partial charge >= 0.3 is 0 Å². The van der Waals surface area contributed by atoms with E-state index in [4.69, 9.17) is 16.3 Å². The molecule has 5 rings (SSSR count). The summed E-state index contributed by atoms with van der Waals surface area (Å²) in [5.74, 6) is 1.44. The zero-order chi connectivity index (χ0) is 31.5. The quantitative estimate of drug-likeness (QED) is 0.158. The normalized spacial score (nSPS) is 18.6. The van der Waals surface area contributed by atoms with E-state index < -0.39 is 15.9 Å². The van der Waals surface area contributed by atoms with Crippen LogP contribution in [0.25, 0.3) is 5.82 Å². The van der Waals surface area contributed by atoms with Crippen molar-refractivity contribution in [1.29, 1.82) is 0 Å². The van der Waals surface area contributed by atoms with Crippen molar-refractivity contribution in [1.82, 2.24) is 24.5 Å². The number of pyridine rings is 2. The fourth-order valence-corrected chi connectivity index (χ4v) is 6.96. The van der Waals surface area contributed by atoms with Crippen LogP contribution >= 0.6 is 11.6 Å². The molecular weight excluding hydrogens is 600 g/mol. The third-order valence-corrected chi connectivity index (χ3v) is 10.6. The number of halogens is 1. The van der Waals surface area contributed by atoms with Crippen LogP contribution in [0, 0.1) is 16.7 Å². The molecule has 3 aromatic heterocycles. The minimum Gasteiger partial charge on any atom is -0.477 e. The molecule has 1 atom stereocenters. The molecule has 238 valence electrons. The van der Waals surface area contributed by atoms with E-state index in [1.54, 1.807) is 18.3 Å². The molecule has 2 aliphatic rings. The Morgan fingerprint density at radius 3 is 2.59 bits per heavy atom. The summed E-state index contributed by atoms with van der Waals surface area (Å²) in [5.41, 5.74) is 0.796. The van der Waals surface area contributed by atoms with Crippen molar-refractivity contribution in [2.75, 3.05) is 25.1 Å². The highest BCUT2D eigenvalue weighted by Crippen LogP contribution is 2.48. The first-order valence-electron chi connectivity index (χ1n) is 15.4. The molecule has 1 unspecified atom stereocenters. The first-order chi connectivity index (χ1) is 20.8. The Balaban J connectivity index is 1.12. The van der Waals surface area contributed by atoms with Gasteiger partial charge < -0.3 is 9.64 Å². The van der Waals surface area contributed by atoms with Crippen LogP contribution in [0.2, 0.25) is 5.15 Å². The average Bonchev–Trinajstić information content (AvgIpc) is 3.34. The largest absolute Gasteiger partial charge is 0.477 e. The van der Waals surface area contributed by atoms with Crippen molar-refractivity contribution in [3.8, 4) is 11.7 Å². The zero-order valence-electron chi connectivity index (χ0n) is 26.1. The molecule has 1 amide bonds. The molecule has 0 spiro atoms. The van der Waals surface area contributed by atoms with Gasteiger partial charge in [0, 0.05) is 32.1 Å². The summed E-state index contributed by atoms with van der Waals surface area (Å²) in [6.07, 6.45) is 13.8. The van der Waals surface area contributed by atoms with Gasteiger partial charge in [-0.15, -0.1) is 5.10 Å². The highest BCUT2D eigenvalue weighted by atomic mass is 35.5. The molecule has 0 aliphatic heterocycles. The second-order valence-electron chi connectivity index (χ2n) is 13.5. The lowest BCUT2D eigenvalue weighted by Gasteiger charge is -2.19. The Morgan fingerprint density at radius 2 is 1.93 bits per heavy atom. The average molecular weight is 643 g/mol. The molecule has 2 aliphatic carbocycles. The maximum Gasteiger partial charge on any atom is 0.268 e. The van der Waals surface area contributed by atoms with Gasteiger partial charge in [0.2, 0.25) is 5.88 Å². The van der Waals surface area contributed by atoms with Gasteiger partial charge in [0.1, 0.15) is 15.9 Å². The summed E-state index contributed by atoms with van der Waals surface area (Å²) in [7, 11) is -2.24. The maximum absolute atomic E-state index is 13.0. The van der Waals surface area contributed by atoms with E-state index in [-0.39, 0.29) is 15.6 Å². The monoisotopic (exact) mass is 642 g/mol. The summed E-state index contributed by atoms with van der Waals surface area (Å²) < 4.78 is 35.2. The highest BCUT2D eigenvalue weighted by molar-refractivity contribution is 7.90. The molecule has 10 nitrogen and oxygen atoms in total. The van der Waals surface area contributed by atoms with Gasteiger partial charge in [0.15, 0.2) is 5.82 Å². The van der Waals surface area contributed by atoms with Crippen molar-refractivity contribution in [2.45, 2.75) is 83.5 Å². The third kappa shape index (κ3) is 8.29. The van der Waals surface area contributed by atoms with Crippen molar-refractivity contribution in [3.05, 3.63) is 53.4 Å². The van der Waals surface area contributed by atoms with Crippen molar-refractivity contribution in [3.63, 3.8) is 0 Å². The van der Waals surface area contributed by atoms with Crippen molar-refractivity contribution >= 4 is 33.3 Å². The second kappa shape index (κ2) is 13.0. The van der Waals surface area contributed by atoms with Crippen LogP contribution in [-0.4, -0.2) is 54.3 Å². The fraction of sp³-hybridized carbons (Fsp3) is 0.562. The highest BCUT2D eigenvalue weighted by Gasteiger charge is 2.36. The molecule has 12 heteroatoms. The fourth-order valence-electron chi connectivity index (χ4n) is 5.82. The van der Waals surface area contributed by atoms with E-state index in [0.717, 1.165) is 25.3 Å². The van der Waals surface area contributed by atoms with Crippen molar-refractivity contribution in [2.24, 2.45) is 16.7 Å². The van der Waals surface area contributed by atoms with E-state index in [1.807, 2.05) is 11.9 Å². The van der Waals surface area contributed by atoms with Crippen LogP contribution in [0.15, 0.2) is 47.6 Å². The number of sulfonamides is 1. The zero-order valence-corrected chi connectivity index (χ0v) is 27.6. The molecule has 2 fully saturated rings. The summed E-state index contributed by atoms with van der Waals surface area (Å²) in [6, 6.07) is 7.77. The first-order valence-corrected chi connectivity index (χ1v) is 17.3. The number of nitrogens with one attached hydrogen (secondary N) is 1. The molecule has 3 heterocycles. The van der Waals surface area contributed by atoms with Crippen molar-refractivity contribution < 1.29 is 17.9 Å². The number of amides is 1. The number of hydrogen-bond acceptors (Lipinski definition) is 8. The topological polar surface area (TPSA) is 119 Å². The molecule has 0 aromatic carbocycles. The number of ether oxygens (including phenoxy) is 1. The lowest BCUT2D eigenvalue weighted by atomic mass is 9.89. The van der Waals surface area contributed by atoms with E-state index in [9.17, 15) is 13.2 Å². The summed E-state index contributed by atoms with van der Waals surface area (Å²) in [4.78, 5) is 23.3. The Bertz CT molecular complexity index is 1570. The van der Waals surface area contributed by atoms with Crippen LogP contribution in [-0.2, 0) is 10.0 Å². The Labute approximate surface area is 265 Å². The SMILES string of the molecule is CN(CCCCC1CCC(C)(C)C1)c1ccc(S(=O)(=O)NC(=O)c2ccc(-n3ccc(OCCC4(C)CC4)n3)nc2Cl)cn1. The summed E-state index contributed by atoms with van der Waals surface area (Å²) in [5, 5.41) is 4.21. The van der Waals surface area contributed by atoms with E-state index in [0.29, 0.717) is 35.0 Å². The van der Waals surface area contributed by atoms with Crippen LogP contribution in [0.3, 0.4) is 0 Å². The number of anilines is 1. The number of nitrogens with zero attached hydrogens (tertiary/aromatic N) is 5. The predicted molar refractivity (Wildman–Crippen MR) is 171 cm³/mol. The molecule has 0 radical (unpaired) electrons. The summed E-state index contributed by atoms with van der Waals surface area (Å²) >= 11 is 6.30. The molecule has 3 aromatic rings. The summed E-state index contributed by atoms with van der Waals surface area (Å²) in [6.45, 7) is 8.38. The minimum atomic E-state index is -4.18. The van der Waals surface area contributed by atoms with Crippen LogP contribution < -0.4 is 14.4 Å². The standard InChI is InChI=1S/C32H43ClN6O4S/c1-31(2)14-12-23(21-31)7-5-6-18-38(4)26-10-8-24(22-34-26)44(41,42)37-30(40)25-9-11-27(35-29(25)33)39-19-13-28(36-39)43-20-17-32(3)15-16-32/h8-11,13,19,22-23H,5-7,12,14-18,20-21H2,1-4H3,(H,37,40). The molecule has 1 N–H and O–H groups in total. The second-order valence-corrected chi connectivity index (χ2v) is 15.5. The maximum atomic E-state index is 13.0. The molecule has 2 saturated carbocycles. The molecule has 0 bridgehead atoms. The van der Waals surface area contributed by atoms with Gasteiger partial charge in [-0.25, -0.2) is 27.8 Å². The van der Waals surface area contributed by atoms with Gasteiger partial charge in [0.25, 0.3) is 15.9 Å². The van der Waals surface area contributed by atoms with Crippen LogP contribution in [0.1, 0.15) is 88.9 Å². The van der Waals surface area contributed by atoms with E-state index >= 15 is 0 Å². The number of carbonyl (C=O) groups is 1. The van der Waals surface area contributed by atoms with Gasteiger partial charge in [0.05, 0.1) is 12.2 Å². The Morgan fingerprint density at radius 1 is 1.14 bits per heavy atom. The minimum absolute atomic E-state index is 0.0780.